The summed E-state index contributed by atoms with van der Waals surface area (Å²) < 4.78 is 55.6. The number of phenolic OH excluding ortho intramolecular Hbond substituents is 1. The Morgan fingerprint density at radius 2 is 1.87 bits per heavy atom. The number of halogens is 3. The fraction of sp³-hybridized carbons (Fsp3) is 0.385. The molecule has 0 saturated heterocycles. The third kappa shape index (κ3) is 4.56. The second-order valence-electron chi connectivity index (χ2n) is 9.91. The van der Waals surface area contributed by atoms with E-state index >= 15 is 0 Å². The summed E-state index contributed by atoms with van der Waals surface area (Å²) in [5.74, 6) is -0.148. The number of pyridine rings is 1. The van der Waals surface area contributed by atoms with Crippen molar-refractivity contribution in [3.8, 4) is 34.6 Å². The number of benzene rings is 1. The topological polar surface area (TPSA) is 120 Å². The van der Waals surface area contributed by atoms with Gasteiger partial charge in [0.25, 0.3) is 0 Å². The quantitative estimate of drug-likeness (QED) is 0.366. The Hall–Kier alpha value is -4.13. The second kappa shape index (κ2) is 9.26. The van der Waals surface area contributed by atoms with Crippen LogP contribution in [-0.2, 0) is 18.3 Å². The van der Waals surface area contributed by atoms with E-state index in [0.29, 0.717) is 42.1 Å². The zero-order chi connectivity index (χ0) is 28.2. The van der Waals surface area contributed by atoms with Gasteiger partial charge >= 0.3 is 6.18 Å². The molecule has 0 bridgehead atoms. The van der Waals surface area contributed by atoms with Crippen LogP contribution in [0.2, 0.25) is 0 Å². The van der Waals surface area contributed by atoms with Crippen LogP contribution in [0.3, 0.4) is 0 Å². The molecule has 1 aliphatic heterocycles. The van der Waals surface area contributed by atoms with E-state index in [0.717, 1.165) is 11.8 Å². The SMILES string of the molecule is COc1nc(-c2nnc3n2CCCC3(Oc2ccc(O)c(C(F)(F)F)c2)C(C)(C)O)ccc1-n1cnc(C)c1. The summed E-state index contributed by atoms with van der Waals surface area (Å²) in [6, 6.07) is 6.40. The molecule has 2 N–H and O–H groups in total. The molecule has 1 unspecified atom stereocenters. The molecule has 1 aliphatic rings. The standard InChI is InChI=1S/C26H27F3N6O4/c1-15-13-34(14-30-15)19-8-7-18(31-22(19)38-4)21-32-33-23-25(24(2,3)37,10-5-11-35(21)23)39-16-6-9-20(36)17(12-16)26(27,28)29/h6-9,12-14,36-37H,5,10-11H2,1-4H3. The fourth-order valence-electron chi connectivity index (χ4n) is 4.87. The molecular formula is C26H27F3N6O4. The molecule has 0 spiro atoms. The van der Waals surface area contributed by atoms with E-state index in [9.17, 15) is 23.4 Å². The summed E-state index contributed by atoms with van der Waals surface area (Å²) in [7, 11) is 1.50. The highest BCUT2D eigenvalue weighted by Crippen LogP contribution is 2.46. The number of methoxy groups -OCH3 is 1. The van der Waals surface area contributed by atoms with Gasteiger partial charge in [0, 0.05) is 12.7 Å². The van der Waals surface area contributed by atoms with Crippen molar-refractivity contribution < 1.29 is 32.9 Å². The Balaban J connectivity index is 1.59. The van der Waals surface area contributed by atoms with Gasteiger partial charge in [-0.05, 0) is 63.9 Å². The molecule has 10 nitrogen and oxygen atoms in total. The van der Waals surface area contributed by atoms with Gasteiger partial charge in [-0.2, -0.15) is 13.2 Å². The van der Waals surface area contributed by atoms with E-state index in [1.165, 1.54) is 27.0 Å². The minimum Gasteiger partial charge on any atom is -0.507 e. The zero-order valence-electron chi connectivity index (χ0n) is 21.7. The molecule has 4 heterocycles. The average Bonchev–Trinajstić information content (AvgIpc) is 3.50. The van der Waals surface area contributed by atoms with Gasteiger partial charge in [0.05, 0.1) is 19.1 Å². The maximum absolute atomic E-state index is 13.5. The monoisotopic (exact) mass is 544 g/mol. The number of aliphatic hydroxyl groups is 1. The third-order valence-corrected chi connectivity index (χ3v) is 6.83. The highest BCUT2D eigenvalue weighted by Gasteiger charge is 2.54. The second-order valence-corrected chi connectivity index (χ2v) is 9.91. The Morgan fingerprint density at radius 1 is 1.10 bits per heavy atom. The minimum absolute atomic E-state index is 0.181. The molecule has 1 atom stereocenters. The number of ether oxygens (including phenoxy) is 2. The molecule has 1 aromatic carbocycles. The van der Waals surface area contributed by atoms with E-state index in [-0.39, 0.29) is 18.0 Å². The number of aromatic nitrogens is 6. The van der Waals surface area contributed by atoms with Gasteiger partial charge in [-0.1, -0.05) is 0 Å². The predicted octanol–water partition coefficient (Wildman–Crippen LogP) is 4.41. The van der Waals surface area contributed by atoms with Gasteiger partial charge in [0.1, 0.15) is 34.0 Å². The third-order valence-electron chi connectivity index (χ3n) is 6.83. The van der Waals surface area contributed by atoms with Crippen molar-refractivity contribution >= 4 is 0 Å². The van der Waals surface area contributed by atoms with Crippen molar-refractivity contribution in [2.75, 3.05) is 7.11 Å². The molecule has 0 radical (unpaired) electrons. The van der Waals surface area contributed by atoms with Crippen LogP contribution in [0.1, 0.15) is 43.8 Å². The number of aromatic hydroxyl groups is 1. The van der Waals surface area contributed by atoms with Crippen LogP contribution in [0.25, 0.3) is 17.2 Å². The van der Waals surface area contributed by atoms with Gasteiger partial charge in [-0.25, -0.2) is 9.97 Å². The number of nitrogens with zero attached hydrogens (tertiary/aromatic N) is 6. The molecule has 0 fully saturated rings. The van der Waals surface area contributed by atoms with Gasteiger partial charge in [0.2, 0.25) is 5.88 Å². The lowest BCUT2D eigenvalue weighted by Gasteiger charge is -2.44. The number of alkyl halides is 3. The highest BCUT2D eigenvalue weighted by atomic mass is 19.4. The summed E-state index contributed by atoms with van der Waals surface area (Å²) in [6.45, 7) is 5.34. The maximum atomic E-state index is 13.5. The molecule has 0 aliphatic carbocycles. The largest absolute Gasteiger partial charge is 0.507 e. The van der Waals surface area contributed by atoms with Crippen LogP contribution in [0.5, 0.6) is 17.4 Å². The van der Waals surface area contributed by atoms with E-state index in [2.05, 4.69) is 20.2 Å². The van der Waals surface area contributed by atoms with Crippen LogP contribution >= 0.6 is 0 Å². The van der Waals surface area contributed by atoms with Crippen molar-refractivity contribution in [3.63, 3.8) is 0 Å². The van der Waals surface area contributed by atoms with Gasteiger partial charge in [0.15, 0.2) is 17.2 Å². The van der Waals surface area contributed by atoms with Crippen molar-refractivity contribution in [3.05, 3.63) is 59.9 Å². The predicted molar refractivity (Wildman–Crippen MR) is 133 cm³/mol. The number of aryl methyl sites for hydroxylation is 1. The first-order valence-corrected chi connectivity index (χ1v) is 12.2. The summed E-state index contributed by atoms with van der Waals surface area (Å²) in [4.78, 5) is 8.85. The lowest BCUT2D eigenvalue weighted by molar-refractivity contribution is -0.142. The van der Waals surface area contributed by atoms with Crippen molar-refractivity contribution in [1.29, 1.82) is 0 Å². The number of rotatable bonds is 6. The first-order valence-electron chi connectivity index (χ1n) is 12.2. The molecule has 0 saturated carbocycles. The lowest BCUT2D eigenvalue weighted by atomic mass is 9.79. The lowest BCUT2D eigenvalue weighted by Crippen LogP contribution is -2.55. The van der Waals surface area contributed by atoms with Crippen LogP contribution in [0.4, 0.5) is 13.2 Å². The number of imidazole rings is 1. The maximum Gasteiger partial charge on any atom is 0.420 e. The number of hydrogen-bond acceptors (Lipinski definition) is 8. The first-order chi connectivity index (χ1) is 18.3. The van der Waals surface area contributed by atoms with E-state index in [1.807, 2.05) is 19.2 Å². The van der Waals surface area contributed by atoms with Crippen molar-refractivity contribution in [2.45, 2.75) is 57.5 Å². The summed E-state index contributed by atoms with van der Waals surface area (Å²) in [5.41, 5.74) is -2.43. The average molecular weight is 545 g/mol. The van der Waals surface area contributed by atoms with Crippen LogP contribution < -0.4 is 9.47 Å². The molecule has 4 aromatic rings. The summed E-state index contributed by atoms with van der Waals surface area (Å²) in [5, 5.41) is 29.7. The molecule has 3 aromatic heterocycles. The summed E-state index contributed by atoms with van der Waals surface area (Å²) >= 11 is 0. The van der Waals surface area contributed by atoms with Gasteiger partial charge in [-0.15, -0.1) is 10.2 Å². The Morgan fingerprint density at radius 3 is 2.51 bits per heavy atom. The van der Waals surface area contributed by atoms with Crippen LogP contribution in [-0.4, -0.2) is 52.2 Å². The molecule has 39 heavy (non-hydrogen) atoms. The number of fused-ring (bicyclic) bond motifs is 1. The normalized spacial score (nSPS) is 17.6. The summed E-state index contributed by atoms with van der Waals surface area (Å²) in [6.07, 6.45) is -0.545. The number of phenols is 1. The molecule has 13 heteroatoms. The van der Waals surface area contributed by atoms with Crippen molar-refractivity contribution in [1.82, 2.24) is 29.3 Å². The minimum atomic E-state index is -4.79. The van der Waals surface area contributed by atoms with Gasteiger partial charge in [-0.3, -0.25) is 0 Å². The first kappa shape index (κ1) is 26.5. The van der Waals surface area contributed by atoms with Crippen molar-refractivity contribution in [2.24, 2.45) is 0 Å². The smallest absolute Gasteiger partial charge is 0.420 e. The van der Waals surface area contributed by atoms with Crippen LogP contribution in [0.15, 0.2) is 42.9 Å². The van der Waals surface area contributed by atoms with E-state index < -0.39 is 28.7 Å². The Labute approximate surface area is 221 Å². The van der Waals surface area contributed by atoms with Crippen LogP contribution in [0, 0.1) is 6.92 Å². The molecule has 0 amide bonds. The Kier molecular flexibility index (Phi) is 6.29. The zero-order valence-corrected chi connectivity index (χ0v) is 21.7. The van der Waals surface area contributed by atoms with E-state index in [4.69, 9.17) is 9.47 Å². The van der Waals surface area contributed by atoms with Gasteiger partial charge < -0.3 is 28.8 Å². The molecule has 5 rings (SSSR count). The fourth-order valence-corrected chi connectivity index (χ4v) is 4.87. The highest BCUT2D eigenvalue weighted by molar-refractivity contribution is 5.56. The van der Waals surface area contributed by atoms with E-state index in [1.54, 1.807) is 21.5 Å². The number of hydrogen-bond donors (Lipinski definition) is 2. The Bertz CT molecular complexity index is 1520. The molecule has 206 valence electrons. The molecular weight excluding hydrogens is 517 g/mol.